The predicted octanol–water partition coefficient (Wildman–Crippen LogP) is 17.0. The molecule has 8 rings (SSSR count). The van der Waals surface area contributed by atoms with Gasteiger partial charge in [0.25, 0.3) is 47.3 Å². The summed E-state index contributed by atoms with van der Waals surface area (Å²) in [6.45, 7) is 18.6. The van der Waals surface area contributed by atoms with E-state index in [-0.39, 0.29) is 70.9 Å². The molecule has 0 fully saturated rings. The number of amides is 8. The molecule has 0 saturated heterocycles. The first-order valence-corrected chi connectivity index (χ1v) is 35.4. The minimum absolute atomic E-state index is 0.244. The normalized spacial score (nSPS) is 15.6. The van der Waals surface area contributed by atoms with Crippen LogP contribution in [0.5, 0.6) is 0 Å². The molecule has 88 heavy (non-hydrogen) atoms. The standard InChI is InChI=1S/C28H34Br2N2O4S2.C28H36N2O4S2.C2HF3O5S.BHNS/c1-5-9-11-15(7-3)13-31-25(33)17-19(27(31)35)23(29)37-21(17)22-18-20(24(30)38-22)28(36)32(26(18)34)14-16(8-4)12-10-6-2;1-5-9-11-17(7-3)13-29-25(31)19-15-35-23(21(19)27(29)33)24-22-20(16-36-24)26(32)30(28(22)34)14-18(8-4)12-10-6-2;3-2(4,5)1(6)11-10-9-8-7;1-2-3/h15-16H,5-14H2,1-4H3;15-18H,5-14H2,1-4H3;7H;3H. The second kappa shape index (κ2) is 35.3. The van der Waals surface area contributed by atoms with Crippen LogP contribution in [-0.2, 0) is 19.2 Å². The van der Waals surface area contributed by atoms with Crippen molar-refractivity contribution < 1.29 is 76.0 Å². The topological polar surface area (TPSA) is 227 Å². The van der Waals surface area contributed by atoms with Crippen molar-refractivity contribution in [2.75, 3.05) is 26.2 Å². The zero-order chi connectivity index (χ0) is 65.3. The maximum absolute atomic E-state index is 13.7. The average molecular weight is 1470 g/mol. The van der Waals surface area contributed by atoms with Gasteiger partial charge in [0.05, 0.1) is 71.6 Å². The number of hydrogen-bond acceptors (Lipinski definition) is 20. The summed E-state index contributed by atoms with van der Waals surface area (Å²) in [5, 5.41) is 14.4. The van der Waals surface area contributed by atoms with Crippen LogP contribution in [0.15, 0.2) is 22.6 Å². The third kappa shape index (κ3) is 17.3. The number of thiophene rings is 4. The van der Waals surface area contributed by atoms with Crippen LogP contribution < -0.4 is 0 Å². The number of halogens is 5. The zero-order valence-corrected chi connectivity index (χ0v) is 58.3. The first-order chi connectivity index (χ1) is 42.0. The van der Waals surface area contributed by atoms with Crippen molar-refractivity contribution in [3.8, 4) is 19.5 Å². The molecular formula is C58H72BBr2F3N5O13S6. The second-order valence-electron chi connectivity index (χ2n) is 21.4. The number of rotatable bonds is 29. The Bertz CT molecular complexity index is 3000. The summed E-state index contributed by atoms with van der Waals surface area (Å²) < 4.78 is 41.0. The van der Waals surface area contributed by atoms with Gasteiger partial charge in [-0.1, -0.05) is 132 Å². The Hall–Kier alpha value is -3.82. The molecule has 4 aliphatic heterocycles. The van der Waals surface area contributed by atoms with Crippen molar-refractivity contribution in [3.05, 3.63) is 62.8 Å². The molecule has 8 amide bonds. The molecule has 4 unspecified atom stereocenters. The van der Waals surface area contributed by atoms with E-state index >= 15 is 0 Å². The maximum atomic E-state index is 13.7. The average Bonchev–Trinajstić information content (AvgIpc) is 1.59. The molecule has 0 aliphatic carbocycles. The molecule has 4 aromatic heterocycles. The van der Waals surface area contributed by atoms with Crippen LogP contribution in [0.1, 0.15) is 241 Å². The number of fused-ring (bicyclic) bond motifs is 4. The summed E-state index contributed by atoms with van der Waals surface area (Å²) in [6, 6.07) is 0. The number of alkyl halides is 3. The van der Waals surface area contributed by atoms with Gasteiger partial charge in [0.2, 0.25) is 0 Å². The third-order valence-electron chi connectivity index (χ3n) is 15.8. The summed E-state index contributed by atoms with van der Waals surface area (Å²) in [5.74, 6) is -1.15. The predicted molar refractivity (Wildman–Crippen MR) is 347 cm³/mol. The van der Waals surface area contributed by atoms with Gasteiger partial charge >= 0.3 is 36.0 Å². The first kappa shape index (κ1) is 74.9. The molecule has 4 aliphatic rings. The van der Waals surface area contributed by atoms with Gasteiger partial charge in [-0.05, 0) is 91.3 Å². The van der Waals surface area contributed by atoms with Crippen molar-refractivity contribution in [3.63, 3.8) is 0 Å². The molecule has 4 atom stereocenters. The van der Waals surface area contributed by atoms with E-state index in [1.165, 1.54) is 64.9 Å². The van der Waals surface area contributed by atoms with Crippen molar-refractivity contribution >= 4 is 162 Å². The van der Waals surface area contributed by atoms with Crippen molar-refractivity contribution in [2.45, 2.75) is 164 Å². The molecule has 481 valence electrons. The number of carbonyl (C=O) groups is 9. The fourth-order valence-electron chi connectivity index (χ4n) is 10.6. The number of imide groups is 4. The van der Waals surface area contributed by atoms with Gasteiger partial charge < -0.3 is 0 Å². The Kier molecular flexibility index (Phi) is 30.0. The van der Waals surface area contributed by atoms with Crippen LogP contribution in [0.3, 0.4) is 0 Å². The van der Waals surface area contributed by atoms with Gasteiger partial charge in [-0.3, -0.25) is 62.8 Å². The van der Waals surface area contributed by atoms with E-state index in [4.69, 9.17) is 5.26 Å². The second-order valence-corrected chi connectivity index (χ2v) is 28.7. The molecule has 4 aromatic rings. The van der Waals surface area contributed by atoms with E-state index in [1.54, 1.807) is 10.8 Å². The third-order valence-corrected chi connectivity index (χ3v) is 22.3. The van der Waals surface area contributed by atoms with E-state index in [0.717, 1.165) is 103 Å². The first-order valence-electron chi connectivity index (χ1n) is 29.3. The SMILES string of the molecule is CCCCC(CC)CN1C(=O)c2c(Br)sc(-c3sc(Br)c4c3C(=O)N(CC(CC)CCCC)C4=O)c2C1=O.CCCCC(CC)CN1C(=O)c2csc(-c3scc4c3C(=O)N(CC(CC)CCCC)C4=O)c2C1=O.O=C(SOOOO)C(F)(F)F.[B]=NS. The zero-order valence-electron chi connectivity index (χ0n) is 50.1. The van der Waals surface area contributed by atoms with Crippen LogP contribution in [0, 0.1) is 23.7 Å². The fourth-order valence-corrected chi connectivity index (χ4v) is 17.0. The van der Waals surface area contributed by atoms with E-state index in [1.807, 2.05) is 0 Å². The van der Waals surface area contributed by atoms with Crippen LogP contribution in [0.4, 0.5) is 13.2 Å². The Labute approximate surface area is 554 Å². The molecule has 0 aromatic carbocycles. The molecule has 0 bridgehead atoms. The molecule has 30 heteroatoms. The minimum atomic E-state index is -5.01. The van der Waals surface area contributed by atoms with Crippen molar-refractivity contribution in [2.24, 2.45) is 28.0 Å². The number of hydrogen-bond donors (Lipinski definition) is 2. The molecule has 8 heterocycles. The van der Waals surface area contributed by atoms with Gasteiger partial charge in [-0.2, -0.15) is 13.2 Å². The molecule has 0 spiro atoms. The number of carbonyl (C=O) groups excluding carboxylic acids is 9. The van der Waals surface area contributed by atoms with Crippen LogP contribution in [0.2, 0.25) is 0 Å². The Morgan fingerprint density at radius 3 is 1.10 bits per heavy atom. The van der Waals surface area contributed by atoms with E-state index < -0.39 is 23.3 Å². The van der Waals surface area contributed by atoms with Gasteiger partial charge in [0.15, 0.2) is 0 Å². The molecule has 1 N–H and O–H groups in total. The van der Waals surface area contributed by atoms with Crippen LogP contribution >= 0.6 is 102 Å². The van der Waals surface area contributed by atoms with E-state index in [2.05, 4.69) is 126 Å². The Morgan fingerprint density at radius 1 is 0.545 bits per heavy atom. The fraction of sp³-hybridized carbons (Fsp3) is 0.569. The summed E-state index contributed by atoms with van der Waals surface area (Å²) in [7, 11) is 4.34. The van der Waals surface area contributed by atoms with E-state index in [0.29, 0.717) is 97.8 Å². The molecule has 18 nitrogen and oxygen atoms in total. The van der Waals surface area contributed by atoms with Gasteiger partial charge in [-0.25, -0.2) is 5.26 Å². The van der Waals surface area contributed by atoms with Gasteiger partial charge in [0.1, 0.15) is 12.0 Å². The molecule has 1 radical (unpaired) electrons. The molecule has 0 saturated carbocycles. The monoisotopic (exact) mass is 1460 g/mol. The molecular weight excluding hydrogens is 1390 g/mol. The summed E-state index contributed by atoms with van der Waals surface area (Å²) >= 11 is 14.8. The quantitative estimate of drug-likeness (QED) is 0.00981. The number of nitrogens with zero attached hydrogens (tertiary/aromatic N) is 5. The van der Waals surface area contributed by atoms with E-state index in [9.17, 15) is 56.3 Å². The van der Waals surface area contributed by atoms with Crippen LogP contribution in [0.25, 0.3) is 19.5 Å². The summed E-state index contributed by atoms with van der Waals surface area (Å²) in [6.07, 6.45) is 11.1. The Morgan fingerprint density at radius 2 is 0.830 bits per heavy atom. The van der Waals surface area contributed by atoms with Gasteiger partial charge in [0, 0.05) is 36.9 Å². The van der Waals surface area contributed by atoms with Crippen molar-refractivity contribution in [1.29, 1.82) is 0 Å². The number of thiol groups is 1. The Balaban J connectivity index is 0.000000264. The number of unbranched alkanes of at least 4 members (excludes halogenated alkanes) is 4. The van der Waals surface area contributed by atoms with Crippen LogP contribution in [-0.4, -0.2) is 117 Å². The summed E-state index contributed by atoms with van der Waals surface area (Å²) in [5.41, 5.74) is 3.08. The van der Waals surface area contributed by atoms with Gasteiger partial charge in [-0.15, -0.1) is 49.7 Å². The van der Waals surface area contributed by atoms with Crippen molar-refractivity contribution in [1.82, 2.24) is 19.6 Å². The summed E-state index contributed by atoms with van der Waals surface area (Å²) in [4.78, 5) is 125.